The lowest BCUT2D eigenvalue weighted by atomic mass is 9.89. The quantitative estimate of drug-likeness (QED) is 0.633. The van der Waals surface area contributed by atoms with Crippen molar-refractivity contribution in [2.45, 2.75) is 56.5 Å². The second-order valence-corrected chi connectivity index (χ2v) is 10.2. The molecule has 2 aromatic rings. The van der Waals surface area contributed by atoms with Crippen LogP contribution >= 0.6 is 0 Å². The third-order valence-corrected chi connectivity index (χ3v) is 8.06. The van der Waals surface area contributed by atoms with Gasteiger partial charge in [0.05, 0.1) is 11.0 Å². The van der Waals surface area contributed by atoms with E-state index in [0.717, 1.165) is 76.0 Å². The van der Waals surface area contributed by atoms with E-state index in [0.29, 0.717) is 18.4 Å². The van der Waals surface area contributed by atoms with Gasteiger partial charge in [0, 0.05) is 32.6 Å². The number of imidazole rings is 1. The van der Waals surface area contributed by atoms with Crippen LogP contribution in [0.4, 0.5) is 0 Å². The standard InChI is InChI=1S/C25H36N6O3/c1-28-22-16-18(2-3-20(22)31(25(28)34)21-4-5-23(32)27-24(21)33)17-6-10-29(11-7-17)14-15-30-12-8-19(26)9-13-30/h2-3,16-17,19,21H,4-15,26H2,1H3,(H,27,32,33). The van der Waals surface area contributed by atoms with Crippen LogP contribution in [0.1, 0.15) is 56.0 Å². The fraction of sp³-hybridized carbons (Fsp3) is 0.640. The molecular formula is C25H36N6O3. The summed E-state index contributed by atoms with van der Waals surface area (Å²) in [7, 11) is 1.76. The SMILES string of the molecule is Cn1c(=O)n(C2CCC(=O)NC2=O)c2ccc(C3CCN(CCN4CCC(N)CC4)CC3)cc21. The first kappa shape index (κ1) is 23.3. The molecule has 0 saturated carbocycles. The highest BCUT2D eigenvalue weighted by Crippen LogP contribution is 2.31. The summed E-state index contributed by atoms with van der Waals surface area (Å²) in [6, 6.07) is 5.95. The minimum absolute atomic E-state index is 0.213. The van der Waals surface area contributed by atoms with Gasteiger partial charge in [0.25, 0.3) is 0 Å². The van der Waals surface area contributed by atoms with Gasteiger partial charge in [-0.25, -0.2) is 4.79 Å². The van der Waals surface area contributed by atoms with Crippen molar-refractivity contribution in [1.29, 1.82) is 0 Å². The van der Waals surface area contributed by atoms with Crippen molar-refractivity contribution in [3.63, 3.8) is 0 Å². The van der Waals surface area contributed by atoms with Gasteiger partial charge in [-0.05, 0) is 81.9 Å². The monoisotopic (exact) mass is 468 g/mol. The molecular weight excluding hydrogens is 432 g/mol. The number of amides is 2. The Hall–Kier alpha value is -2.49. The maximum absolute atomic E-state index is 13.0. The van der Waals surface area contributed by atoms with E-state index in [1.807, 2.05) is 6.07 Å². The molecule has 0 bridgehead atoms. The minimum atomic E-state index is -0.640. The maximum Gasteiger partial charge on any atom is 0.329 e. The van der Waals surface area contributed by atoms with E-state index in [4.69, 9.17) is 5.73 Å². The molecule has 34 heavy (non-hydrogen) atoms. The van der Waals surface area contributed by atoms with Gasteiger partial charge in [-0.3, -0.25) is 24.0 Å². The van der Waals surface area contributed by atoms with Gasteiger partial charge in [-0.1, -0.05) is 6.07 Å². The predicted octanol–water partition coefficient (Wildman–Crippen LogP) is 0.920. The Bertz CT molecular complexity index is 1120. The molecule has 1 unspecified atom stereocenters. The van der Waals surface area contributed by atoms with Crippen molar-refractivity contribution in [2.75, 3.05) is 39.3 Å². The first-order valence-corrected chi connectivity index (χ1v) is 12.7. The number of fused-ring (bicyclic) bond motifs is 1. The summed E-state index contributed by atoms with van der Waals surface area (Å²) < 4.78 is 3.18. The summed E-state index contributed by atoms with van der Waals surface area (Å²) in [4.78, 5) is 42.1. The summed E-state index contributed by atoms with van der Waals surface area (Å²) in [5.41, 5.74) is 8.67. The zero-order valence-electron chi connectivity index (χ0n) is 20.0. The van der Waals surface area contributed by atoms with E-state index in [1.165, 1.54) is 5.56 Å². The van der Waals surface area contributed by atoms with E-state index in [-0.39, 0.29) is 18.0 Å². The van der Waals surface area contributed by atoms with Crippen LogP contribution in [0.25, 0.3) is 11.0 Å². The highest BCUT2D eigenvalue weighted by atomic mass is 16.2. The molecule has 3 fully saturated rings. The van der Waals surface area contributed by atoms with Crippen LogP contribution in [0.2, 0.25) is 0 Å². The first-order chi connectivity index (χ1) is 16.4. The molecule has 2 amide bonds. The molecule has 1 atom stereocenters. The average molecular weight is 469 g/mol. The number of rotatable bonds is 5. The van der Waals surface area contributed by atoms with Crippen molar-refractivity contribution in [2.24, 2.45) is 12.8 Å². The van der Waals surface area contributed by atoms with Gasteiger partial charge in [0.1, 0.15) is 6.04 Å². The predicted molar refractivity (Wildman–Crippen MR) is 131 cm³/mol. The number of nitrogens with two attached hydrogens (primary N) is 1. The number of nitrogens with zero attached hydrogens (tertiary/aromatic N) is 4. The first-order valence-electron chi connectivity index (χ1n) is 12.7. The van der Waals surface area contributed by atoms with Gasteiger partial charge in [0.2, 0.25) is 11.8 Å². The number of hydrogen-bond acceptors (Lipinski definition) is 6. The largest absolute Gasteiger partial charge is 0.329 e. The average Bonchev–Trinajstić information content (AvgIpc) is 3.09. The third kappa shape index (κ3) is 4.56. The summed E-state index contributed by atoms with van der Waals surface area (Å²) in [6.07, 6.45) is 5.04. The topological polar surface area (TPSA) is 106 Å². The van der Waals surface area contributed by atoms with Gasteiger partial charge in [-0.2, -0.15) is 0 Å². The second-order valence-electron chi connectivity index (χ2n) is 10.2. The zero-order chi connectivity index (χ0) is 23.8. The van der Waals surface area contributed by atoms with E-state index in [2.05, 4.69) is 27.2 Å². The van der Waals surface area contributed by atoms with Crippen LogP contribution < -0.4 is 16.7 Å². The van der Waals surface area contributed by atoms with Crippen molar-refractivity contribution in [3.05, 3.63) is 34.2 Å². The Morgan fingerprint density at radius 1 is 0.912 bits per heavy atom. The van der Waals surface area contributed by atoms with Gasteiger partial charge < -0.3 is 15.5 Å². The van der Waals surface area contributed by atoms with E-state index in [9.17, 15) is 14.4 Å². The number of likely N-dealkylation sites (tertiary alicyclic amines) is 2. The van der Waals surface area contributed by atoms with Crippen LogP contribution in [0, 0.1) is 0 Å². The fourth-order valence-corrected chi connectivity index (χ4v) is 5.81. The minimum Gasteiger partial charge on any atom is -0.328 e. The lowest BCUT2D eigenvalue weighted by Crippen LogP contribution is -2.44. The molecule has 0 spiro atoms. The number of imide groups is 1. The van der Waals surface area contributed by atoms with Crippen molar-refractivity contribution in [1.82, 2.24) is 24.3 Å². The van der Waals surface area contributed by atoms with Crippen LogP contribution in [0.3, 0.4) is 0 Å². The zero-order valence-corrected chi connectivity index (χ0v) is 20.0. The van der Waals surface area contributed by atoms with Gasteiger partial charge >= 0.3 is 5.69 Å². The lowest BCUT2D eigenvalue weighted by molar-refractivity contribution is -0.135. The van der Waals surface area contributed by atoms with Gasteiger partial charge in [-0.15, -0.1) is 0 Å². The van der Waals surface area contributed by atoms with Crippen molar-refractivity contribution < 1.29 is 9.59 Å². The fourth-order valence-electron chi connectivity index (χ4n) is 5.81. The molecule has 3 saturated heterocycles. The maximum atomic E-state index is 13.0. The normalized spacial score (nSPS) is 24.1. The molecule has 0 radical (unpaired) electrons. The van der Waals surface area contributed by atoms with Crippen molar-refractivity contribution >= 4 is 22.8 Å². The Morgan fingerprint density at radius 2 is 1.56 bits per heavy atom. The van der Waals surface area contributed by atoms with Crippen LogP contribution in [-0.2, 0) is 16.6 Å². The highest BCUT2D eigenvalue weighted by molar-refractivity contribution is 6.00. The molecule has 3 aliphatic heterocycles. The Kier molecular flexibility index (Phi) is 6.59. The Labute approximate surface area is 199 Å². The number of hydrogen-bond donors (Lipinski definition) is 2. The third-order valence-electron chi connectivity index (χ3n) is 8.06. The molecule has 4 heterocycles. The van der Waals surface area contributed by atoms with Crippen LogP contribution in [0.15, 0.2) is 23.0 Å². The molecule has 0 aliphatic carbocycles. The smallest absolute Gasteiger partial charge is 0.328 e. The summed E-state index contributed by atoms with van der Waals surface area (Å²) in [5, 5.41) is 2.37. The lowest BCUT2D eigenvalue weighted by Gasteiger charge is -2.35. The number of benzene rings is 1. The molecule has 3 N–H and O–H groups in total. The Balaban J connectivity index is 1.25. The molecule has 1 aromatic heterocycles. The van der Waals surface area contributed by atoms with Gasteiger partial charge in [0.15, 0.2) is 0 Å². The number of aromatic nitrogens is 2. The van der Waals surface area contributed by atoms with E-state index >= 15 is 0 Å². The number of carbonyl (C=O) groups is 2. The summed E-state index contributed by atoms with van der Waals surface area (Å²) in [5.74, 6) is -0.194. The van der Waals surface area contributed by atoms with Crippen molar-refractivity contribution in [3.8, 4) is 0 Å². The highest BCUT2D eigenvalue weighted by Gasteiger charge is 2.31. The summed E-state index contributed by atoms with van der Waals surface area (Å²) >= 11 is 0. The number of piperidine rings is 3. The molecule has 1 aromatic carbocycles. The molecule has 3 aliphatic rings. The summed E-state index contributed by atoms with van der Waals surface area (Å²) in [6.45, 7) is 6.66. The number of aryl methyl sites for hydroxylation is 1. The number of carbonyl (C=O) groups excluding carboxylic acids is 2. The molecule has 9 nitrogen and oxygen atoms in total. The second kappa shape index (κ2) is 9.64. The molecule has 5 rings (SSSR count). The molecule has 9 heteroatoms. The van der Waals surface area contributed by atoms with E-state index in [1.54, 1.807) is 16.2 Å². The van der Waals surface area contributed by atoms with Crippen LogP contribution in [0.5, 0.6) is 0 Å². The number of nitrogens with one attached hydrogen (secondary N) is 1. The Morgan fingerprint density at radius 3 is 2.21 bits per heavy atom. The van der Waals surface area contributed by atoms with Crippen LogP contribution in [-0.4, -0.2) is 76.1 Å². The molecule has 184 valence electrons. The van der Waals surface area contributed by atoms with E-state index < -0.39 is 11.9 Å².